The molecule has 1 saturated carbocycles. The number of aromatic amines is 1. The number of nitrogens with one attached hydrogen (secondary N) is 2. The number of benzene rings is 1. The average molecular weight is 460 g/mol. The zero-order valence-corrected chi connectivity index (χ0v) is 18.0. The third-order valence-electron chi connectivity index (χ3n) is 6.30. The lowest BCUT2D eigenvalue weighted by molar-refractivity contribution is 0.144. The molecule has 3 aliphatic carbocycles. The molecule has 1 aliphatic heterocycles. The number of anilines is 1. The van der Waals surface area contributed by atoms with E-state index in [0.29, 0.717) is 23.5 Å². The highest BCUT2D eigenvalue weighted by Crippen LogP contribution is 2.56. The van der Waals surface area contributed by atoms with Crippen LogP contribution in [0.3, 0.4) is 0 Å². The van der Waals surface area contributed by atoms with Crippen molar-refractivity contribution < 1.29 is 4.74 Å². The van der Waals surface area contributed by atoms with Crippen LogP contribution in [0.1, 0.15) is 19.8 Å². The third kappa shape index (κ3) is 3.09. The zero-order chi connectivity index (χ0) is 22.0. The number of aromatic nitrogens is 3. The molecule has 0 saturated heterocycles. The molecule has 6 rings (SSSR count). The second-order valence-electron chi connectivity index (χ2n) is 8.07. The molecule has 1 atom stereocenters. The summed E-state index contributed by atoms with van der Waals surface area (Å²) in [4.78, 5) is 25.7. The van der Waals surface area contributed by atoms with E-state index in [2.05, 4.69) is 28.9 Å². The van der Waals surface area contributed by atoms with Gasteiger partial charge in [0.05, 0.1) is 15.7 Å². The van der Waals surface area contributed by atoms with E-state index in [1.807, 2.05) is 0 Å². The summed E-state index contributed by atoms with van der Waals surface area (Å²) in [6.45, 7) is 6.37. The molecule has 1 fully saturated rings. The molecule has 1 unspecified atom stereocenters. The highest BCUT2D eigenvalue weighted by Gasteiger charge is 2.46. The minimum Gasteiger partial charge on any atom is -0.452 e. The summed E-state index contributed by atoms with van der Waals surface area (Å²) in [5.74, 6) is 2.10. The van der Waals surface area contributed by atoms with Crippen LogP contribution >= 0.6 is 23.2 Å². The van der Waals surface area contributed by atoms with Crippen LogP contribution in [0.15, 0.2) is 57.1 Å². The molecule has 1 aromatic carbocycles. The third-order valence-corrected chi connectivity index (χ3v) is 6.86. The Hall–Kier alpha value is -2.97. The Bertz CT molecular complexity index is 1290. The van der Waals surface area contributed by atoms with Crippen LogP contribution in [0.4, 0.5) is 5.82 Å². The van der Waals surface area contributed by atoms with Crippen molar-refractivity contribution in [2.45, 2.75) is 19.8 Å². The summed E-state index contributed by atoms with van der Waals surface area (Å²) in [6.07, 6.45) is 4.05. The molecule has 31 heavy (non-hydrogen) atoms. The molecule has 0 spiro atoms. The van der Waals surface area contributed by atoms with E-state index in [-0.39, 0.29) is 27.3 Å². The van der Waals surface area contributed by atoms with Crippen molar-refractivity contribution in [2.75, 3.05) is 5.73 Å². The Morgan fingerprint density at radius 2 is 1.90 bits per heavy atom. The quantitative estimate of drug-likeness (QED) is 0.649. The summed E-state index contributed by atoms with van der Waals surface area (Å²) in [7, 11) is 0. The van der Waals surface area contributed by atoms with E-state index in [1.165, 1.54) is 17.7 Å². The van der Waals surface area contributed by atoms with Gasteiger partial charge in [-0.3, -0.25) is 9.78 Å². The van der Waals surface area contributed by atoms with Crippen molar-refractivity contribution in [3.05, 3.63) is 78.4 Å². The van der Waals surface area contributed by atoms with Gasteiger partial charge in [0.25, 0.3) is 5.56 Å². The van der Waals surface area contributed by atoms with E-state index < -0.39 is 11.2 Å². The molecular weight excluding hydrogens is 441 g/mol. The first-order chi connectivity index (χ1) is 14.7. The van der Waals surface area contributed by atoms with Crippen LogP contribution in [0, 0.1) is 17.8 Å². The highest BCUT2D eigenvalue weighted by atomic mass is 35.5. The highest BCUT2D eigenvalue weighted by molar-refractivity contribution is 6.37. The molecular formula is C21H19Cl2N5O3. The Labute approximate surface area is 187 Å². The average Bonchev–Trinajstić information content (AvgIpc) is 2.67. The van der Waals surface area contributed by atoms with Gasteiger partial charge in [-0.2, -0.15) is 4.68 Å². The summed E-state index contributed by atoms with van der Waals surface area (Å²) >= 11 is 12.9. The fourth-order valence-electron chi connectivity index (χ4n) is 4.63. The Kier molecular flexibility index (Phi) is 4.53. The topological polar surface area (TPSA) is 115 Å². The van der Waals surface area contributed by atoms with Crippen molar-refractivity contribution in [2.24, 2.45) is 17.8 Å². The molecule has 4 N–H and O–H groups in total. The molecule has 10 heteroatoms. The first-order valence-electron chi connectivity index (χ1n) is 9.81. The van der Waals surface area contributed by atoms with Crippen LogP contribution in [0.25, 0.3) is 5.69 Å². The number of rotatable bonds is 3. The van der Waals surface area contributed by atoms with Crippen LogP contribution in [0.2, 0.25) is 10.0 Å². The molecule has 0 radical (unpaired) electrons. The van der Waals surface area contributed by atoms with Gasteiger partial charge in [-0.15, -0.1) is 5.10 Å². The number of hydrogen-bond donors (Lipinski definition) is 3. The van der Waals surface area contributed by atoms with Gasteiger partial charge >= 0.3 is 5.69 Å². The normalized spacial score (nSPS) is 24.2. The molecule has 2 heterocycles. The molecule has 0 amide bonds. The SMILES string of the molecule is C=C1NC=C(Oc2c(Cl)cc(-n3nc(N)c(=O)[nH]c3=O)cc2Cl)C2=C1C(C)C1CC2C1. The lowest BCUT2D eigenvalue weighted by Gasteiger charge is -2.50. The van der Waals surface area contributed by atoms with Gasteiger partial charge in [-0.05, 0) is 48.3 Å². The monoisotopic (exact) mass is 459 g/mol. The minimum atomic E-state index is -0.763. The van der Waals surface area contributed by atoms with Crippen LogP contribution in [-0.2, 0) is 0 Å². The number of hydrogen-bond acceptors (Lipinski definition) is 6. The number of H-pyrrole nitrogens is 1. The Morgan fingerprint density at radius 1 is 1.23 bits per heavy atom. The van der Waals surface area contributed by atoms with Gasteiger partial charge in [0.2, 0.25) is 5.82 Å². The van der Waals surface area contributed by atoms with Crippen molar-refractivity contribution >= 4 is 29.0 Å². The second kappa shape index (κ2) is 7.03. The fourth-order valence-corrected chi connectivity index (χ4v) is 5.19. The lowest BCUT2D eigenvalue weighted by atomic mass is 9.57. The number of allylic oxidation sites excluding steroid dienone is 2. The van der Waals surface area contributed by atoms with E-state index in [4.69, 9.17) is 33.7 Å². The molecule has 8 nitrogen and oxygen atoms in total. The van der Waals surface area contributed by atoms with Gasteiger partial charge in [0.1, 0.15) is 5.76 Å². The van der Waals surface area contributed by atoms with Crippen LogP contribution in [-0.4, -0.2) is 14.8 Å². The maximum absolute atomic E-state index is 12.1. The van der Waals surface area contributed by atoms with Crippen LogP contribution < -0.4 is 27.0 Å². The van der Waals surface area contributed by atoms with Gasteiger partial charge in [-0.25, -0.2) is 4.79 Å². The molecule has 2 aromatic rings. The number of halogens is 2. The summed E-state index contributed by atoms with van der Waals surface area (Å²) in [6, 6.07) is 2.95. The summed E-state index contributed by atoms with van der Waals surface area (Å²) < 4.78 is 7.11. The predicted octanol–water partition coefficient (Wildman–Crippen LogP) is 3.12. The smallest absolute Gasteiger partial charge is 0.349 e. The lowest BCUT2D eigenvalue weighted by Crippen LogP contribution is -2.41. The van der Waals surface area contributed by atoms with E-state index in [0.717, 1.165) is 28.8 Å². The largest absolute Gasteiger partial charge is 0.452 e. The Morgan fingerprint density at radius 3 is 2.58 bits per heavy atom. The molecule has 160 valence electrons. The van der Waals surface area contributed by atoms with E-state index >= 15 is 0 Å². The molecule has 1 aromatic heterocycles. The van der Waals surface area contributed by atoms with Gasteiger partial charge in [0.15, 0.2) is 5.75 Å². The summed E-state index contributed by atoms with van der Waals surface area (Å²) in [5.41, 5.74) is 7.50. The number of nitrogens with zero attached hydrogens (tertiary/aromatic N) is 2. The van der Waals surface area contributed by atoms with Crippen molar-refractivity contribution in [3.63, 3.8) is 0 Å². The van der Waals surface area contributed by atoms with Crippen molar-refractivity contribution in [1.29, 1.82) is 0 Å². The first-order valence-corrected chi connectivity index (χ1v) is 10.6. The predicted molar refractivity (Wildman–Crippen MR) is 118 cm³/mol. The van der Waals surface area contributed by atoms with E-state index in [9.17, 15) is 9.59 Å². The van der Waals surface area contributed by atoms with Gasteiger partial charge < -0.3 is 15.8 Å². The Balaban J connectivity index is 1.53. The zero-order valence-electron chi connectivity index (χ0n) is 16.5. The molecule has 4 aliphatic rings. The van der Waals surface area contributed by atoms with E-state index in [1.54, 1.807) is 6.20 Å². The van der Waals surface area contributed by atoms with Crippen LogP contribution in [0.5, 0.6) is 5.75 Å². The van der Waals surface area contributed by atoms with Crippen molar-refractivity contribution in [3.8, 4) is 11.4 Å². The summed E-state index contributed by atoms with van der Waals surface area (Å²) in [5, 5.41) is 7.36. The standard InChI is InChI=1S/C21H19Cl2N5O3/c1-8-10-3-11(4-10)17-15(7-25-9(2)16(8)17)31-18-13(22)5-12(6-14(18)23)28-21(30)26-20(29)19(24)27-28/h5-8,10-11,25H,2-4H2,1H3,(H2,24,27)(H,26,29,30). The molecule has 2 bridgehead atoms. The number of ether oxygens (including phenoxy) is 1. The van der Waals surface area contributed by atoms with Gasteiger partial charge in [0, 0.05) is 17.5 Å². The fraction of sp³-hybridized carbons (Fsp3) is 0.286. The van der Waals surface area contributed by atoms with Gasteiger partial charge in [-0.1, -0.05) is 36.7 Å². The maximum atomic E-state index is 12.1. The number of dihydropyridines is 1. The first kappa shape index (κ1) is 20.0. The number of nitrogens with two attached hydrogens (primary N) is 1. The number of nitrogen functional groups attached to an aromatic ring is 1. The maximum Gasteiger partial charge on any atom is 0.349 e. The van der Waals surface area contributed by atoms with Crippen molar-refractivity contribution in [1.82, 2.24) is 20.1 Å². The second-order valence-corrected chi connectivity index (χ2v) is 8.89. The minimum absolute atomic E-state index is 0.184.